The first-order chi connectivity index (χ1) is 15.5. The van der Waals surface area contributed by atoms with Crippen molar-refractivity contribution in [2.24, 2.45) is 5.73 Å². The Balaban J connectivity index is 1.72. The van der Waals surface area contributed by atoms with Gasteiger partial charge < -0.3 is 20.1 Å². The monoisotopic (exact) mass is 476 g/mol. The Bertz CT molecular complexity index is 917. The number of benzene rings is 2. The van der Waals surface area contributed by atoms with Crippen molar-refractivity contribution < 1.29 is 19.1 Å². The van der Waals surface area contributed by atoms with Crippen LogP contribution in [0.2, 0.25) is 5.02 Å². The molecular weight excluding hydrogens is 448 g/mol. The second kappa shape index (κ2) is 12.0. The van der Waals surface area contributed by atoms with Gasteiger partial charge in [-0.2, -0.15) is 0 Å². The second-order valence-corrected chi connectivity index (χ2v) is 9.28. The van der Waals surface area contributed by atoms with Gasteiger partial charge >= 0.3 is 0 Å². The maximum atomic E-state index is 13.3. The molecule has 1 saturated carbocycles. The van der Waals surface area contributed by atoms with E-state index in [9.17, 15) is 9.59 Å². The molecule has 0 spiro atoms. The smallest absolute Gasteiger partial charge is 0.255 e. The standard InChI is InChI=1S/C24H29ClN2O4S/c1-30-22-13-17(7-12-21(22)31-15-23(26)28)14-27(19-5-3-2-4-6-19)24(29)16-32-20-10-8-18(25)9-11-20/h7-13,19H,2-6,14-16H2,1H3,(H2,26,28). The number of rotatable bonds is 10. The minimum Gasteiger partial charge on any atom is -0.493 e. The zero-order chi connectivity index (χ0) is 22.9. The molecule has 3 rings (SSSR count). The number of amides is 2. The van der Waals surface area contributed by atoms with Gasteiger partial charge in [-0.3, -0.25) is 9.59 Å². The molecule has 2 amide bonds. The summed E-state index contributed by atoms with van der Waals surface area (Å²) in [5, 5.41) is 0.682. The van der Waals surface area contributed by atoms with Crippen molar-refractivity contribution in [2.45, 2.75) is 49.6 Å². The van der Waals surface area contributed by atoms with E-state index in [1.807, 2.05) is 41.3 Å². The lowest BCUT2D eigenvalue weighted by Gasteiger charge is -2.34. The molecule has 2 N–H and O–H groups in total. The molecule has 8 heteroatoms. The molecule has 0 aromatic heterocycles. The zero-order valence-electron chi connectivity index (χ0n) is 18.2. The van der Waals surface area contributed by atoms with E-state index in [-0.39, 0.29) is 18.6 Å². The van der Waals surface area contributed by atoms with Crippen LogP contribution in [0.3, 0.4) is 0 Å². The van der Waals surface area contributed by atoms with Gasteiger partial charge in [0.1, 0.15) is 0 Å². The number of primary amides is 1. The zero-order valence-corrected chi connectivity index (χ0v) is 19.8. The van der Waals surface area contributed by atoms with E-state index in [2.05, 4.69) is 0 Å². The first kappa shape index (κ1) is 24.3. The van der Waals surface area contributed by atoms with E-state index in [0.717, 1.165) is 36.1 Å². The number of thioether (sulfide) groups is 1. The molecule has 0 saturated heterocycles. The predicted octanol–water partition coefficient (Wildman–Crippen LogP) is 4.67. The average molecular weight is 477 g/mol. The first-order valence-electron chi connectivity index (χ1n) is 10.7. The Hall–Kier alpha value is -2.38. The third kappa shape index (κ3) is 7.07. The summed E-state index contributed by atoms with van der Waals surface area (Å²) in [5.41, 5.74) is 6.11. The van der Waals surface area contributed by atoms with Crippen LogP contribution in [0.1, 0.15) is 37.7 Å². The van der Waals surface area contributed by atoms with Crippen LogP contribution in [0.4, 0.5) is 0 Å². The summed E-state index contributed by atoms with van der Waals surface area (Å²) in [4.78, 5) is 27.3. The van der Waals surface area contributed by atoms with Gasteiger partial charge in [-0.25, -0.2) is 0 Å². The van der Waals surface area contributed by atoms with E-state index in [4.69, 9.17) is 26.8 Å². The van der Waals surface area contributed by atoms with Crippen molar-refractivity contribution in [3.8, 4) is 11.5 Å². The lowest BCUT2D eigenvalue weighted by molar-refractivity contribution is -0.132. The van der Waals surface area contributed by atoms with Gasteiger partial charge in [-0.05, 0) is 54.8 Å². The van der Waals surface area contributed by atoms with E-state index >= 15 is 0 Å². The average Bonchev–Trinajstić information content (AvgIpc) is 2.81. The van der Waals surface area contributed by atoms with E-state index in [1.165, 1.54) is 18.2 Å². The summed E-state index contributed by atoms with van der Waals surface area (Å²) in [6.45, 7) is 0.279. The minimum atomic E-state index is -0.552. The summed E-state index contributed by atoms with van der Waals surface area (Å²) in [6.07, 6.45) is 5.55. The van der Waals surface area contributed by atoms with E-state index in [0.29, 0.717) is 28.8 Å². The van der Waals surface area contributed by atoms with Gasteiger partial charge in [-0.15, -0.1) is 11.8 Å². The van der Waals surface area contributed by atoms with Gasteiger partial charge in [0.05, 0.1) is 12.9 Å². The number of carbonyl (C=O) groups is 2. The topological polar surface area (TPSA) is 81.9 Å². The van der Waals surface area contributed by atoms with Crippen LogP contribution in [0.15, 0.2) is 47.4 Å². The molecular formula is C24H29ClN2O4S. The minimum absolute atomic E-state index is 0.116. The van der Waals surface area contributed by atoms with Crippen molar-refractivity contribution in [3.05, 3.63) is 53.1 Å². The molecule has 1 aliphatic carbocycles. The summed E-state index contributed by atoms with van der Waals surface area (Å²) >= 11 is 7.48. The molecule has 172 valence electrons. The third-order valence-corrected chi connectivity index (χ3v) is 6.71. The Morgan fingerprint density at radius 2 is 1.81 bits per heavy atom. The number of nitrogens with two attached hydrogens (primary N) is 1. The quantitative estimate of drug-likeness (QED) is 0.504. The van der Waals surface area contributed by atoms with Crippen LogP contribution >= 0.6 is 23.4 Å². The Labute approximate surface area is 198 Å². The van der Waals surface area contributed by atoms with E-state index in [1.54, 1.807) is 13.2 Å². The maximum Gasteiger partial charge on any atom is 0.255 e. The van der Waals surface area contributed by atoms with Gasteiger partial charge in [0, 0.05) is 22.5 Å². The maximum absolute atomic E-state index is 13.3. The molecule has 0 heterocycles. The van der Waals surface area contributed by atoms with Crippen molar-refractivity contribution in [3.63, 3.8) is 0 Å². The summed E-state index contributed by atoms with van der Waals surface area (Å²) in [5.74, 6) is 0.891. The molecule has 1 fully saturated rings. The number of hydrogen-bond donors (Lipinski definition) is 1. The predicted molar refractivity (Wildman–Crippen MR) is 127 cm³/mol. The molecule has 0 bridgehead atoms. The second-order valence-electron chi connectivity index (χ2n) is 7.80. The number of nitrogens with zero attached hydrogens (tertiary/aromatic N) is 1. The lowest BCUT2D eigenvalue weighted by Crippen LogP contribution is -2.41. The van der Waals surface area contributed by atoms with Crippen LogP contribution in [0.25, 0.3) is 0 Å². The molecule has 0 radical (unpaired) electrons. The first-order valence-corrected chi connectivity index (χ1v) is 12.1. The highest BCUT2D eigenvalue weighted by Gasteiger charge is 2.26. The molecule has 0 atom stereocenters. The Kier molecular flexibility index (Phi) is 9.11. The lowest BCUT2D eigenvalue weighted by atomic mass is 9.93. The molecule has 0 aliphatic heterocycles. The van der Waals surface area contributed by atoms with Crippen LogP contribution in [-0.2, 0) is 16.1 Å². The number of methoxy groups -OCH3 is 1. The Morgan fingerprint density at radius 3 is 2.47 bits per heavy atom. The van der Waals surface area contributed by atoms with Gasteiger partial charge in [0.25, 0.3) is 5.91 Å². The fraction of sp³-hybridized carbons (Fsp3) is 0.417. The number of carbonyl (C=O) groups excluding carboxylic acids is 2. The highest BCUT2D eigenvalue weighted by molar-refractivity contribution is 8.00. The van der Waals surface area contributed by atoms with Crippen molar-refractivity contribution >= 4 is 35.2 Å². The SMILES string of the molecule is COc1cc(CN(C(=O)CSc2ccc(Cl)cc2)C2CCCCC2)ccc1OCC(N)=O. The normalized spacial score (nSPS) is 14.1. The largest absolute Gasteiger partial charge is 0.493 e. The van der Waals surface area contributed by atoms with Gasteiger partial charge in [-0.1, -0.05) is 36.9 Å². The summed E-state index contributed by atoms with van der Waals surface area (Å²) in [6, 6.07) is 13.3. The molecule has 32 heavy (non-hydrogen) atoms. The fourth-order valence-corrected chi connectivity index (χ4v) is 4.76. The molecule has 1 aliphatic rings. The van der Waals surface area contributed by atoms with Crippen LogP contribution < -0.4 is 15.2 Å². The highest BCUT2D eigenvalue weighted by Crippen LogP contribution is 2.31. The fourth-order valence-electron chi connectivity index (χ4n) is 3.85. The summed E-state index contributed by atoms with van der Waals surface area (Å²) < 4.78 is 10.8. The van der Waals surface area contributed by atoms with Crippen molar-refractivity contribution in [1.29, 1.82) is 0 Å². The van der Waals surface area contributed by atoms with Gasteiger partial charge in [0.2, 0.25) is 5.91 Å². The number of halogens is 1. The van der Waals surface area contributed by atoms with E-state index < -0.39 is 5.91 Å². The number of ether oxygens (including phenoxy) is 2. The molecule has 2 aromatic rings. The molecule has 2 aromatic carbocycles. The summed E-state index contributed by atoms with van der Waals surface area (Å²) in [7, 11) is 1.54. The van der Waals surface area contributed by atoms with Gasteiger partial charge in [0.15, 0.2) is 18.1 Å². The molecule has 0 unspecified atom stereocenters. The highest BCUT2D eigenvalue weighted by atomic mass is 35.5. The molecule has 6 nitrogen and oxygen atoms in total. The van der Waals surface area contributed by atoms with Crippen molar-refractivity contribution in [2.75, 3.05) is 19.5 Å². The van der Waals surface area contributed by atoms with Crippen LogP contribution in [0, 0.1) is 0 Å². The van der Waals surface area contributed by atoms with Crippen LogP contribution in [-0.4, -0.2) is 42.2 Å². The Morgan fingerprint density at radius 1 is 1.09 bits per heavy atom. The number of hydrogen-bond acceptors (Lipinski definition) is 5. The van der Waals surface area contributed by atoms with Crippen LogP contribution in [0.5, 0.6) is 11.5 Å². The third-order valence-electron chi connectivity index (χ3n) is 5.46. The van der Waals surface area contributed by atoms with Crippen molar-refractivity contribution in [1.82, 2.24) is 4.90 Å².